The van der Waals surface area contributed by atoms with Gasteiger partial charge in [-0.25, -0.2) is 0 Å². The van der Waals surface area contributed by atoms with Gasteiger partial charge < -0.3 is 0 Å². The van der Waals surface area contributed by atoms with Gasteiger partial charge >= 0.3 is 188 Å². The second-order valence-electron chi connectivity index (χ2n) is 14.2. The van der Waals surface area contributed by atoms with Crippen molar-refractivity contribution in [3.63, 3.8) is 0 Å². The van der Waals surface area contributed by atoms with E-state index < -0.39 is 45.4 Å². The molecule has 0 aromatic heterocycles. The fraction of sp³-hybridized carbons (Fsp3) is 1.00. The van der Waals surface area contributed by atoms with Crippen LogP contribution in [0.1, 0.15) is 125 Å². The van der Waals surface area contributed by atoms with Gasteiger partial charge in [0.1, 0.15) is 0 Å². The summed E-state index contributed by atoms with van der Waals surface area (Å²) in [6.07, 6.45) is 0. The summed E-state index contributed by atoms with van der Waals surface area (Å²) in [6.45, 7) is 44.1. The van der Waals surface area contributed by atoms with E-state index in [2.05, 4.69) is 125 Å². The van der Waals surface area contributed by atoms with Crippen LogP contribution in [0.5, 0.6) is 0 Å². The Balaban J connectivity index is 0. The molecule has 0 rings (SSSR count). The molecule has 0 aromatic carbocycles. The summed E-state index contributed by atoms with van der Waals surface area (Å²) in [5, 5.41) is 0. The number of hydrogen-bond donors (Lipinski definition) is 0. The first kappa shape index (κ1) is 30.0. The van der Waals surface area contributed by atoms with E-state index in [0.29, 0.717) is 17.8 Å². The zero-order valence-electron chi connectivity index (χ0n) is 22.0. The molecule has 0 heterocycles. The molecular formula is C24H54Pb2. The maximum absolute atomic E-state index is 2.45. The van der Waals surface area contributed by atoms with Crippen LogP contribution in [0.15, 0.2) is 0 Å². The van der Waals surface area contributed by atoms with E-state index in [0.717, 1.165) is 0 Å². The van der Waals surface area contributed by atoms with Crippen LogP contribution in [0.3, 0.4) is 0 Å². The van der Waals surface area contributed by atoms with Crippen molar-refractivity contribution in [2.24, 2.45) is 0 Å². The van der Waals surface area contributed by atoms with Crippen molar-refractivity contribution in [2.75, 3.05) is 0 Å². The molecule has 158 valence electrons. The predicted octanol–water partition coefficient (Wildman–Crippen LogP) is 9.76. The second kappa shape index (κ2) is 9.33. The van der Waals surface area contributed by atoms with E-state index in [-0.39, 0.29) is 0 Å². The van der Waals surface area contributed by atoms with Crippen molar-refractivity contribution in [3.05, 3.63) is 0 Å². The molecule has 0 nitrogen and oxygen atoms in total. The Kier molecular flexibility index (Phi) is 10.8. The zero-order chi connectivity index (χ0) is 22.2. The van der Waals surface area contributed by atoms with Gasteiger partial charge in [-0.3, -0.25) is 0 Å². The fourth-order valence-corrected chi connectivity index (χ4v) is 59.2. The standard InChI is InChI=1S/6C4H9.2Pb/c6*1-4(2)3;;/h6*1-3H3;;. The Labute approximate surface area is 186 Å². The van der Waals surface area contributed by atoms with E-state index in [1.165, 1.54) is 0 Å². The minimum absolute atomic E-state index is 0.598. The van der Waals surface area contributed by atoms with Gasteiger partial charge in [0.05, 0.1) is 0 Å². The van der Waals surface area contributed by atoms with E-state index in [4.69, 9.17) is 0 Å². The molecule has 0 saturated carbocycles. The molecule has 0 spiro atoms. The molecule has 0 aliphatic rings. The van der Waals surface area contributed by atoms with Crippen LogP contribution >= 0.6 is 0 Å². The molecule has 0 bridgehead atoms. The molecule has 2 radical (unpaired) electrons. The summed E-state index contributed by atoms with van der Waals surface area (Å²) in [6, 6.07) is 0. The Morgan fingerprint density at radius 2 is 0.308 bits per heavy atom. The van der Waals surface area contributed by atoms with Gasteiger partial charge in [0.25, 0.3) is 0 Å². The molecule has 0 fully saturated rings. The van der Waals surface area contributed by atoms with E-state index >= 15 is 0 Å². The fourth-order valence-electron chi connectivity index (χ4n) is 6.75. The average Bonchev–Trinajstić information content (AvgIpc) is 1.97. The van der Waals surface area contributed by atoms with Crippen LogP contribution in [-0.4, -0.2) is 45.4 Å². The van der Waals surface area contributed by atoms with Crippen LogP contribution in [0.2, 0.25) is 17.8 Å². The van der Waals surface area contributed by atoms with Crippen molar-refractivity contribution in [1.82, 2.24) is 0 Å². The van der Waals surface area contributed by atoms with Crippen molar-refractivity contribution < 1.29 is 0 Å². The summed E-state index contributed by atoms with van der Waals surface area (Å²) < 4.78 is 3.59. The van der Waals surface area contributed by atoms with Crippen molar-refractivity contribution >= 4 is 45.4 Å². The molecule has 0 saturated heterocycles. The monoisotopic (exact) mass is 758 g/mol. The third kappa shape index (κ3) is 11.1. The summed E-state index contributed by atoms with van der Waals surface area (Å²) in [7, 11) is 0. The van der Waals surface area contributed by atoms with E-state index in [1.807, 2.05) is 0 Å². The van der Waals surface area contributed by atoms with E-state index in [1.54, 1.807) is 0 Å². The molecule has 2 heteroatoms. The summed E-state index contributed by atoms with van der Waals surface area (Å²) in [5.41, 5.74) is 0. The van der Waals surface area contributed by atoms with Crippen LogP contribution in [0.4, 0.5) is 0 Å². The van der Waals surface area contributed by atoms with Crippen molar-refractivity contribution in [1.29, 1.82) is 0 Å². The second-order valence-corrected chi connectivity index (χ2v) is 55.1. The predicted molar refractivity (Wildman–Crippen MR) is 130 cm³/mol. The first-order valence-electron chi connectivity index (χ1n) is 10.5. The van der Waals surface area contributed by atoms with Gasteiger partial charge in [-0.2, -0.15) is 0 Å². The van der Waals surface area contributed by atoms with Crippen LogP contribution in [-0.2, 0) is 0 Å². The molecule has 0 atom stereocenters. The molecule has 0 amide bonds. The Morgan fingerprint density at radius 1 is 0.231 bits per heavy atom. The summed E-state index contributed by atoms with van der Waals surface area (Å²) >= 11 is -3.23. The molecular weight excluding hydrogens is 703 g/mol. The first-order valence-corrected chi connectivity index (χ1v) is 22.2. The van der Waals surface area contributed by atoms with Gasteiger partial charge in [-0.15, -0.1) is 0 Å². The number of rotatable bonds is 0. The molecule has 0 N–H and O–H groups in total. The van der Waals surface area contributed by atoms with Gasteiger partial charge in [0.15, 0.2) is 0 Å². The minimum atomic E-state index is -1.61. The molecule has 0 aromatic rings. The van der Waals surface area contributed by atoms with Crippen molar-refractivity contribution in [2.45, 2.75) is 142 Å². The first-order chi connectivity index (χ1) is 10.7. The molecule has 0 aliphatic heterocycles. The quantitative estimate of drug-likeness (QED) is 0.216. The molecule has 0 unspecified atom stereocenters. The maximum atomic E-state index is 2.45. The third-order valence-electron chi connectivity index (χ3n) is 4.50. The van der Waals surface area contributed by atoms with Crippen molar-refractivity contribution in [3.8, 4) is 0 Å². The summed E-state index contributed by atoms with van der Waals surface area (Å²) in [5.74, 6) is 0. The Morgan fingerprint density at radius 3 is 0.308 bits per heavy atom. The van der Waals surface area contributed by atoms with Gasteiger partial charge in [0.2, 0.25) is 0 Å². The molecule has 0 aliphatic carbocycles. The van der Waals surface area contributed by atoms with Gasteiger partial charge in [0, 0.05) is 0 Å². The van der Waals surface area contributed by atoms with Gasteiger partial charge in [-0.05, 0) is 0 Å². The van der Waals surface area contributed by atoms with E-state index in [9.17, 15) is 0 Å². The topological polar surface area (TPSA) is 0 Å². The van der Waals surface area contributed by atoms with Crippen LogP contribution in [0, 0.1) is 0 Å². The molecule has 26 heavy (non-hydrogen) atoms. The number of hydrogen-bond acceptors (Lipinski definition) is 0. The SMILES string of the molecule is C[C](C)(C)[Pb]([C](C)(C)C)[C](C)(C)C.C[C](C)(C)[Pb]([C](C)(C)C)[C](C)(C)C. The van der Waals surface area contributed by atoms with Crippen LogP contribution in [0.25, 0.3) is 0 Å². The summed E-state index contributed by atoms with van der Waals surface area (Å²) in [4.78, 5) is 0. The Hall–Kier alpha value is 1.84. The normalized spacial score (nSPS) is 15.2. The Bertz CT molecular complexity index is 297. The van der Waals surface area contributed by atoms with Gasteiger partial charge in [-0.1, -0.05) is 0 Å². The third-order valence-corrected chi connectivity index (χ3v) is 39.5. The zero-order valence-corrected chi connectivity index (χ0v) is 29.8. The average molecular weight is 757 g/mol. The van der Waals surface area contributed by atoms with Crippen LogP contribution < -0.4 is 0 Å².